The van der Waals surface area contributed by atoms with Gasteiger partial charge in [0.15, 0.2) is 11.6 Å². The van der Waals surface area contributed by atoms with Gasteiger partial charge in [-0.2, -0.15) is 0 Å². The summed E-state index contributed by atoms with van der Waals surface area (Å²) >= 11 is 0. The standard InChI is InChI=1S/C30H40O7/c1-15(10-17(31)11-16(2)26(36)37)18-12-23(35)30(7)25-19(32)13-21-27(3,4)22(34)8-9-28(21,5)24(25)20(33)14-29(18,30)6/h10,16,18-19,21,32H,8-9,11-14H2,1-7H3,(H,36,37)/b15-10-/t16?,18?,19-,21?,28-,29+,30-/m1/s1. The van der Waals surface area contributed by atoms with Crippen LogP contribution < -0.4 is 0 Å². The van der Waals surface area contributed by atoms with Crippen LogP contribution >= 0.6 is 0 Å². The number of aliphatic hydroxyl groups is 1. The lowest BCUT2D eigenvalue weighted by Crippen LogP contribution is -2.59. The molecular formula is C30H40O7. The molecule has 2 saturated carbocycles. The van der Waals surface area contributed by atoms with E-state index in [2.05, 4.69) is 0 Å². The van der Waals surface area contributed by atoms with Crippen LogP contribution in [-0.4, -0.2) is 45.4 Å². The third-order valence-corrected chi connectivity index (χ3v) is 10.9. The highest BCUT2D eigenvalue weighted by Crippen LogP contribution is 2.70. The zero-order valence-corrected chi connectivity index (χ0v) is 23.1. The lowest BCUT2D eigenvalue weighted by Gasteiger charge is -2.60. The van der Waals surface area contributed by atoms with Crippen molar-refractivity contribution in [1.82, 2.24) is 0 Å². The van der Waals surface area contributed by atoms with Crippen molar-refractivity contribution in [3.8, 4) is 0 Å². The van der Waals surface area contributed by atoms with E-state index < -0.39 is 39.7 Å². The summed E-state index contributed by atoms with van der Waals surface area (Å²) in [5, 5.41) is 20.7. The van der Waals surface area contributed by atoms with Crippen LogP contribution in [0, 0.1) is 39.4 Å². The van der Waals surface area contributed by atoms with Crippen LogP contribution in [0.5, 0.6) is 0 Å². The van der Waals surface area contributed by atoms with E-state index in [-0.39, 0.29) is 54.2 Å². The first-order valence-electron chi connectivity index (χ1n) is 13.4. The smallest absolute Gasteiger partial charge is 0.306 e. The van der Waals surface area contributed by atoms with Gasteiger partial charge in [-0.3, -0.25) is 24.0 Å². The molecule has 7 nitrogen and oxygen atoms in total. The number of hydrogen-bond donors (Lipinski definition) is 2. The molecule has 0 amide bonds. The van der Waals surface area contributed by atoms with Crippen LogP contribution in [0.1, 0.15) is 87.0 Å². The fourth-order valence-corrected chi connectivity index (χ4v) is 8.51. The number of ketones is 4. The van der Waals surface area contributed by atoms with E-state index in [0.717, 1.165) is 0 Å². The van der Waals surface area contributed by atoms with E-state index in [1.54, 1.807) is 6.92 Å². The van der Waals surface area contributed by atoms with E-state index in [0.29, 0.717) is 36.0 Å². The van der Waals surface area contributed by atoms with Crippen molar-refractivity contribution >= 4 is 29.1 Å². The second-order valence-electron chi connectivity index (χ2n) is 13.3. The largest absolute Gasteiger partial charge is 0.481 e. The van der Waals surface area contributed by atoms with Crippen molar-refractivity contribution in [2.45, 2.75) is 93.1 Å². The maximum atomic E-state index is 14.0. The molecule has 0 aromatic carbocycles. The van der Waals surface area contributed by atoms with E-state index in [4.69, 9.17) is 5.11 Å². The fraction of sp³-hybridized carbons (Fsp3) is 0.700. The average Bonchev–Trinajstić information content (AvgIpc) is 2.99. The number of carboxylic acid groups (broad SMARTS) is 1. The summed E-state index contributed by atoms with van der Waals surface area (Å²) in [5.74, 6) is -2.74. The number of hydrogen-bond acceptors (Lipinski definition) is 6. The summed E-state index contributed by atoms with van der Waals surface area (Å²) < 4.78 is 0. The van der Waals surface area contributed by atoms with Crippen molar-refractivity contribution in [2.75, 3.05) is 0 Å². The van der Waals surface area contributed by atoms with Gasteiger partial charge in [-0.1, -0.05) is 40.2 Å². The van der Waals surface area contributed by atoms with Crippen LogP contribution in [0.4, 0.5) is 0 Å². The molecule has 0 bridgehead atoms. The van der Waals surface area contributed by atoms with Gasteiger partial charge in [0.25, 0.3) is 0 Å². The summed E-state index contributed by atoms with van der Waals surface area (Å²) in [7, 11) is 0. The van der Waals surface area contributed by atoms with Gasteiger partial charge in [0.05, 0.1) is 17.4 Å². The number of fused-ring (bicyclic) bond motifs is 4. The molecule has 0 aromatic rings. The molecule has 2 fully saturated rings. The highest BCUT2D eigenvalue weighted by Gasteiger charge is 2.70. The van der Waals surface area contributed by atoms with Gasteiger partial charge in [-0.15, -0.1) is 0 Å². The summed E-state index contributed by atoms with van der Waals surface area (Å²) in [6.07, 6.45) is 1.78. The summed E-state index contributed by atoms with van der Waals surface area (Å²) in [5.41, 5.74) is -1.43. The molecule has 7 heteroatoms. The number of carbonyl (C=O) groups excluding carboxylic acids is 4. The van der Waals surface area contributed by atoms with Crippen LogP contribution in [-0.2, 0) is 24.0 Å². The third kappa shape index (κ3) is 3.67. The zero-order chi connectivity index (χ0) is 27.9. The van der Waals surface area contributed by atoms with Gasteiger partial charge in [-0.25, -0.2) is 0 Å². The minimum Gasteiger partial charge on any atom is -0.481 e. The van der Waals surface area contributed by atoms with Gasteiger partial charge in [0, 0.05) is 42.1 Å². The number of carboxylic acids is 1. The second kappa shape index (κ2) is 8.55. The van der Waals surface area contributed by atoms with E-state index >= 15 is 0 Å². The topological polar surface area (TPSA) is 126 Å². The fourth-order valence-electron chi connectivity index (χ4n) is 8.51. The van der Waals surface area contributed by atoms with Gasteiger partial charge in [0.2, 0.25) is 0 Å². The van der Waals surface area contributed by atoms with Gasteiger partial charge < -0.3 is 10.2 Å². The number of aliphatic carboxylic acids is 1. The van der Waals surface area contributed by atoms with Crippen molar-refractivity contribution < 1.29 is 34.2 Å². The lowest BCUT2D eigenvalue weighted by atomic mass is 9.42. The molecule has 0 aliphatic heterocycles. The predicted octanol–water partition coefficient (Wildman–Crippen LogP) is 4.26. The first-order chi connectivity index (χ1) is 16.9. The quantitative estimate of drug-likeness (QED) is 0.527. The van der Waals surface area contributed by atoms with Gasteiger partial charge in [-0.05, 0) is 55.6 Å². The molecule has 0 radical (unpaired) electrons. The molecule has 0 heterocycles. The Balaban J connectivity index is 1.81. The van der Waals surface area contributed by atoms with E-state index in [9.17, 15) is 29.1 Å². The third-order valence-electron chi connectivity index (χ3n) is 10.9. The van der Waals surface area contributed by atoms with Crippen LogP contribution in [0.25, 0.3) is 0 Å². The lowest BCUT2D eigenvalue weighted by molar-refractivity contribution is -0.146. The van der Waals surface area contributed by atoms with E-state index in [1.165, 1.54) is 13.0 Å². The normalized spacial score (nSPS) is 40.2. The summed E-state index contributed by atoms with van der Waals surface area (Å²) in [6.45, 7) is 12.9. The number of aliphatic hydroxyl groups excluding tert-OH is 1. The minimum atomic E-state index is -1.08. The Morgan fingerprint density at radius 1 is 1.08 bits per heavy atom. The maximum absolute atomic E-state index is 14.0. The molecule has 202 valence electrons. The van der Waals surface area contributed by atoms with Crippen molar-refractivity contribution in [2.24, 2.45) is 39.4 Å². The Morgan fingerprint density at radius 2 is 1.70 bits per heavy atom. The van der Waals surface area contributed by atoms with Gasteiger partial charge >= 0.3 is 5.97 Å². The number of rotatable bonds is 5. The van der Waals surface area contributed by atoms with Crippen molar-refractivity contribution in [1.29, 1.82) is 0 Å². The minimum absolute atomic E-state index is 0.0497. The Morgan fingerprint density at radius 3 is 2.30 bits per heavy atom. The first kappa shape index (κ1) is 27.6. The number of allylic oxidation sites excluding steroid dienone is 3. The van der Waals surface area contributed by atoms with Crippen LogP contribution in [0.2, 0.25) is 0 Å². The number of Topliss-reactive ketones (excluding diaryl/α,β-unsaturated/α-hetero) is 3. The van der Waals surface area contributed by atoms with Gasteiger partial charge in [0.1, 0.15) is 11.6 Å². The Hall–Kier alpha value is -2.41. The summed E-state index contributed by atoms with van der Waals surface area (Å²) in [4.78, 5) is 64.5. The monoisotopic (exact) mass is 512 g/mol. The molecule has 4 rings (SSSR count). The zero-order valence-electron chi connectivity index (χ0n) is 23.1. The SMILES string of the molecule is C/C(=C/C(=O)CC(C)C(=O)O)C1CC(=O)[C@]2(C)C3=C(C(=O)C[C@@]12C)[C@]1(C)CCC(=O)C(C)(C)C1C[C@H]3O. The molecule has 37 heavy (non-hydrogen) atoms. The molecule has 4 aliphatic carbocycles. The highest BCUT2D eigenvalue weighted by atomic mass is 16.4. The van der Waals surface area contributed by atoms with Crippen LogP contribution in [0.3, 0.4) is 0 Å². The molecule has 2 N–H and O–H groups in total. The molecule has 0 spiro atoms. The highest BCUT2D eigenvalue weighted by molar-refractivity contribution is 6.06. The maximum Gasteiger partial charge on any atom is 0.306 e. The first-order valence-corrected chi connectivity index (χ1v) is 13.4. The Labute approximate surface area is 218 Å². The van der Waals surface area contributed by atoms with Crippen molar-refractivity contribution in [3.63, 3.8) is 0 Å². The Kier molecular flexibility index (Phi) is 6.38. The predicted molar refractivity (Wildman–Crippen MR) is 136 cm³/mol. The molecular weight excluding hydrogens is 472 g/mol. The molecule has 7 atom stereocenters. The van der Waals surface area contributed by atoms with Crippen molar-refractivity contribution in [3.05, 3.63) is 22.8 Å². The van der Waals surface area contributed by atoms with E-state index in [1.807, 2.05) is 34.6 Å². The second-order valence-corrected chi connectivity index (χ2v) is 13.3. The number of carbonyl (C=O) groups is 5. The Bertz CT molecular complexity index is 1170. The summed E-state index contributed by atoms with van der Waals surface area (Å²) in [6, 6.07) is 0. The molecule has 0 saturated heterocycles. The van der Waals surface area contributed by atoms with Crippen LogP contribution in [0.15, 0.2) is 22.8 Å². The molecule has 0 aromatic heterocycles. The average molecular weight is 513 g/mol. The molecule has 4 aliphatic rings. The molecule has 3 unspecified atom stereocenters.